The number of carbonyl (C=O) groups is 1. The number of aryl methyl sites for hydroxylation is 1. The van der Waals surface area contributed by atoms with Crippen molar-refractivity contribution in [3.63, 3.8) is 0 Å². The van der Waals surface area contributed by atoms with Gasteiger partial charge in [0.2, 0.25) is 5.91 Å². The van der Waals surface area contributed by atoms with E-state index in [9.17, 15) is 4.79 Å². The Morgan fingerprint density at radius 3 is 2.59 bits per heavy atom. The Morgan fingerprint density at radius 1 is 1.36 bits per heavy atom. The number of likely N-dealkylation sites (N-methyl/N-ethyl adjacent to an activating group) is 1. The molecule has 2 aromatic rings. The van der Waals surface area contributed by atoms with Crippen molar-refractivity contribution in [2.75, 3.05) is 12.4 Å². The number of thiophene rings is 1. The number of hydrogen-bond donors (Lipinski definition) is 1. The number of nitriles is 1. The maximum Gasteiger partial charge on any atom is 0.241 e. The molecule has 1 N–H and O–H groups in total. The van der Waals surface area contributed by atoms with Crippen LogP contribution in [0.4, 0.5) is 5.69 Å². The second kappa shape index (κ2) is 7.21. The lowest BCUT2D eigenvalue weighted by atomic mass is 10.2. The average molecular weight is 313 g/mol. The lowest BCUT2D eigenvalue weighted by Crippen LogP contribution is -2.39. The molecule has 0 spiro atoms. The fraction of sp³-hybridized carbons (Fsp3) is 0.294. The minimum absolute atomic E-state index is 0.0542. The highest BCUT2D eigenvalue weighted by molar-refractivity contribution is 7.10. The summed E-state index contributed by atoms with van der Waals surface area (Å²) < 4.78 is 0. The topological polar surface area (TPSA) is 56.1 Å². The molecule has 0 aliphatic carbocycles. The minimum atomic E-state index is -0.239. The Hall–Kier alpha value is -2.16. The summed E-state index contributed by atoms with van der Waals surface area (Å²) in [5, 5.41) is 13.7. The molecule has 22 heavy (non-hydrogen) atoms. The van der Waals surface area contributed by atoms with E-state index in [0.717, 1.165) is 6.54 Å². The molecule has 2 rings (SSSR count). The van der Waals surface area contributed by atoms with E-state index >= 15 is 0 Å². The fourth-order valence-electron chi connectivity index (χ4n) is 2.00. The van der Waals surface area contributed by atoms with Crippen LogP contribution in [0.3, 0.4) is 0 Å². The van der Waals surface area contributed by atoms with E-state index in [0.29, 0.717) is 11.3 Å². The highest BCUT2D eigenvalue weighted by Crippen LogP contribution is 2.18. The molecule has 0 aliphatic rings. The van der Waals surface area contributed by atoms with E-state index in [1.54, 1.807) is 35.6 Å². The van der Waals surface area contributed by atoms with Gasteiger partial charge in [0.05, 0.1) is 17.7 Å². The van der Waals surface area contributed by atoms with Gasteiger partial charge in [-0.15, -0.1) is 11.3 Å². The van der Waals surface area contributed by atoms with Crippen molar-refractivity contribution < 1.29 is 4.79 Å². The third-order valence-electron chi connectivity index (χ3n) is 3.68. The van der Waals surface area contributed by atoms with Gasteiger partial charge in [-0.25, -0.2) is 0 Å². The highest BCUT2D eigenvalue weighted by Gasteiger charge is 2.19. The third kappa shape index (κ3) is 3.94. The molecule has 0 unspecified atom stereocenters. The van der Waals surface area contributed by atoms with Gasteiger partial charge < -0.3 is 5.32 Å². The van der Waals surface area contributed by atoms with Crippen LogP contribution in [-0.2, 0) is 11.3 Å². The number of carbonyl (C=O) groups excluding carboxylic acids is 1. The van der Waals surface area contributed by atoms with Gasteiger partial charge in [-0.1, -0.05) is 0 Å². The molecule has 1 atom stereocenters. The summed E-state index contributed by atoms with van der Waals surface area (Å²) in [7, 11) is 1.95. The smallest absolute Gasteiger partial charge is 0.241 e. The summed E-state index contributed by atoms with van der Waals surface area (Å²) in [6, 6.07) is 10.8. The molecule has 1 amide bonds. The summed E-state index contributed by atoms with van der Waals surface area (Å²) in [5.74, 6) is -0.0542. The number of anilines is 1. The molecule has 0 aliphatic heterocycles. The molecular formula is C17H19N3OS. The average Bonchev–Trinajstić information content (AvgIpc) is 2.92. The van der Waals surface area contributed by atoms with Crippen LogP contribution in [0.1, 0.15) is 22.9 Å². The van der Waals surface area contributed by atoms with Gasteiger partial charge in [-0.3, -0.25) is 9.69 Å². The zero-order valence-electron chi connectivity index (χ0n) is 13.0. The number of nitrogens with one attached hydrogen (secondary N) is 1. The molecule has 1 aromatic carbocycles. The fourth-order valence-corrected chi connectivity index (χ4v) is 2.97. The van der Waals surface area contributed by atoms with Gasteiger partial charge in [-0.2, -0.15) is 5.26 Å². The molecule has 0 fully saturated rings. The summed E-state index contributed by atoms with van der Waals surface area (Å²) in [4.78, 5) is 15.6. The normalized spacial score (nSPS) is 12.0. The van der Waals surface area contributed by atoms with Crippen molar-refractivity contribution in [2.24, 2.45) is 0 Å². The van der Waals surface area contributed by atoms with Crippen molar-refractivity contribution in [3.05, 3.63) is 51.7 Å². The quantitative estimate of drug-likeness (QED) is 0.920. The van der Waals surface area contributed by atoms with E-state index in [1.807, 2.05) is 18.9 Å². The van der Waals surface area contributed by atoms with Crippen molar-refractivity contribution >= 4 is 22.9 Å². The van der Waals surface area contributed by atoms with Crippen LogP contribution in [-0.4, -0.2) is 23.9 Å². The van der Waals surface area contributed by atoms with Crippen molar-refractivity contribution in [1.29, 1.82) is 5.26 Å². The van der Waals surface area contributed by atoms with Crippen LogP contribution in [0, 0.1) is 18.3 Å². The number of amides is 1. The minimum Gasteiger partial charge on any atom is -0.325 e. The zero-order valence-corrected chi connectivity index (χ0v) is 13.8. The zero-order chi connectivity index (χ0) is 16.1. The molecule has 114 valence electrons. The lowest BCUT2D eigenvalue weighted by molar-refractivity contribution is -0.120. The van der Waals surface area contributed by atoms with Gasteiger partial charge >= 0.3 is 0 Å². The van der Waals surface area contributed by atoms with Gasteiger partial charge in [0.25, 0.3) is 0 Å². The monoisotopic (exact) mass is 313 g/mol. The highest BCUT2D eigenvalue weighted by atomic mass is 32.1. The number of rotatable bonds is 5. The molecule has 0 saturated carbocycles. The predicted molar refractivity (Wildman–Crippen MR) is 89.8 cm³/mol. The number of nitrogens with zero attached hydrogens (tertiary/aromatic N) is 2. The first-order valence-corrected chi connectivity index (χ1v) is 7.93. The van der Waals surface area contributed by atoms with Crippen LogP contribution in [0.15, 0.2) is 35.7 Å². The Morgan fingerprint density at radius 2 is 2.05 bits per heavy atom. The number of hydrogen-bond acceptors (Lipinski definition) is 4. The van der Waals surface area contributed by atoms with Crippen LogP contribution >= 0.6 is 11.3 Å². The summed E-state index contributed by atoms with van der Waals surface area (Å²) >= 11 is 1.71. The molecule has 4 nitrogen and oxygen atoms in total. The molecule has 0 radical (unpaired) electrons. The van der Waals surface area contributed by atoms with Gasteiger partial charge in [0.1, 0.15) is 0 Å². The molecule has 0 bridgehead atoms. The number of benzene rings is 1. The molecule has 5 heteroatoms. The largest absolute Gasteiger partial charge is 0.325 e. The van der Waals surface area contributed by atoms with Crippen LogP contribution in [0.2, 0.25) is 0 Å². The Bertz CT molecular complexity index is 685. The van der Waals surface area contributed by atoms with E-state index in [2.05, 4.69) is 29.8 Å². The van der Waals surface area contributed by atoms with Gasteiger partial charge in [0.15, 0.2) is 0 Å². The maximum atomic E-state index is 12.3. The second-order valence-electron chi connectivity index (χ2n) is 5.30. The predicted octanol–water partition coefficient (Wildman–Crippen LogP) is 3.39. The maximum absolute atomic E-state index is 12.3. The van der Waals surface area contributed by atoms with E-state index in [1.165, 1.54) is 10.4 Å². The van der Waals surface area contributed by atoms with Crippen LogP contribution < -0.4 is 5.32 Å². The molecular weight excluding hydrogens is 294 g/mol. The van der Waals surface area contributed by atoms with Gasteiger partial charge in [-0.05, 0) is 62.2 Å². The van der Waals surface area contributed by atoms with E-state index in [-0.39, 0.29) is 11.9 Å². The first-order chi connectivity index (χ1) is 10.5. The second-order valence-corrected chi connectivity index (χ2v) is 6.30. The standard InChI is InChI=1S/C17H19N3OS/c1-12-8-9-22-16(12)11-20(3)13(2)17(21)19-15-6-4-14(10-18)5-7-15/h4-9,13H,11H2,1-3H3,(H,19,21)/t13-/m0/s1. The van der Waals surface area contributed by atoms with Crippen molar-refractivity contribution in [1.82, 2.24) is 4.90 Å². The van der Waals surface area contributed by atoms with Crippen molar-refractivity contribution in [2.45, 2.75) is 26.4 Å². The Kier molecular flexibility index (Phi) is 5.31. The van der Waals surface area contributed by atoms with E-state index in [4.69, 9.17) is 5.26 Å². The third-order valence-corrected chi connectivity index (χ3v) is 4.69. The van der Waals surface area contributed by atoms with Crippen LogP contribution in [0.5, 0.6) is 0 Å². The Labute approximate surface area is 135 Å². The SMILES string of the molecule is Cc1ccsc1CN(C)[C@@H](C)C(=O)Nc1ccc(C#N)cc1. The molecule has 1 heterocycles. The first-order valence-electron chi connectivity index (χ1n) is 7.05. The van der Waals surface area contributed by atoms with Crippen molar-refractivity contribution in [3.8, 4) is 6.07 Å². The first kappa shape index (κ1) is 16.2. The van der Waals surface area contributed by atoms with Crippen LogP contribution in [0.25, 0.3) is 0 Å². The van der Waals surface area contributed by atoms with E-state index < -0.39 is 0 Å². The Balaban J connectivity index is 1.96. The summed E-state index contributed by atoms with van der Waals surface area (Å²) in [5.41, 5.74) is 2.55. The molecule has 1 aromatic heterocycles. The van der Waals surface area contributed by atoms with Gasteiger partial charge in [0, 0.05) is 17.1 Å². The summed E-state index contributed by atoms with van der Waals surface area (Å²) in [6.45, 7) is 4.73. The lowest BCUT2D eigenvalue weighted by Gasteiger charge is -2.23. The molecule has 0 saturated heterocycles. The summed E-state index contributed by atoms with van der Waals surface area (Å²) in [6.07, 6.45) is 0.